The van der Waals surface area contributed by atoms with Gasteiger partial charge in [0.25, 0.3) is 0 Å². The molecule has 6 nitrogen and oxygen atoms in total. The molecule has 1 atom stereocenters. The predicted molar refractivity (Wildman–Crippen MR) is 121 cm³/mol. The summed E-state index contributed by atoms with van der Waals surface area (Å²) < 4.78 is 16.3. The maximum absolute atomic E-state index is 6.26. The van der Waals surface area contributed by atoms with Crippen molar-refractivity contribution in [2.24, 2.45) is 4.99 Å². The molecule has 0 radical (unpaired) electrons. The Hall–Kier alpha value is -0.770. The van der Waals surface area contributed by atoms with Crippen LogP contribution >= 0.6 is 35.6 Å². The number of rotatable bonds is 10. The Morgan fingerprint density at radius 2 is 2.15 bits per heavy atom. The summed E-state index contributed by atoms with van der Waals surface area (Å²) in [5.41, 5.74) is 1.08. The van der Waals surface area contributed by atoms with Gasteiger partial charge >= 0.3 is 0 Å². The first kappa shape index (κ1) is 24.3. The first-order valence-corrected chi connectivity index (χ1v) is 9.57. The molecule has 0 bridgehead atoms. The first-order chi connectivity index (χ1) is 12.7. The lowest BCUT2D eigenvalue weighted by Crippen LogP contribution is -2.39. The fourth-order valence-electron chi connectivity index (χ4n) is 2.77. The van der Waals surface area contributed by atoms with Crippen LogP contribution in [0.5, 0.6) is 5.75 Å². The molecule has 1 heterocycles. The lowest BCUT2D eigenvalue weighted by atomic mass is 10.1. The molecule has 154 valence electrons. The highest BCUT2D eigenvalue weighted by Gasteiger charge is 2.14. The molecule has 0 saturated carbocycles. The van der Waals surface area contributed by atoms with Crippen LogP contribution in [0.3, 0.4) is 0 Å². The molecule has 2 rings (SSSR count). The molecule has 1 saturated heterocycles. The summed E-state index contributed by atoms with van der Waals surface area (Å²) in [6, 6.07) is 5.75. The second kappa shape index (κ2) is 14.3. The second-order valence-corrected chi connectivity index (χ2v) is 6.60. The number of nitrogens with zero attached hydrogens (tertiary/aromatic N) is 1. The maximum Gasteiger partial charge on any atom is 0.190 e. The van der Waals surface area contributed by atoms with E-state index < -0.39 is 0 Å². The number of benzene rings is 1. The van der Waals surface area contributed by atoms with Gasteiger partial charge in [0.05, 0.1) is 19.8 Å². The number of hydrogen-bond acceptors (Lipinski definition) is 4. The summed E-state index contributed by atoms with van der Waals surface area (Å²) in [5.74, 6) is 1.56. The zero-order chi connectivity index (χ0) is 18.6. The standard InChI is InChI=1S/C19H30ClN3O3.HI/c1-21-19(22-9-4-11-25-14-17-5-3-12-26-17)23-10-8-15-6-7-16(24-2)13-18(15)20;/h6-7,13,17H,3-5,8-12,14H2,1-2H3,(H2,21,22,23);1H. The minimum atomic E-state index is 0. The predicted octanol–water partition coefficient (Wildman–Crippen LogP) is 3.26. The number of guanidine groups is 1. The van der Waals surface area contributed by atoms with Gasteiger partial charge in [-0.2, -0.15) is 0 Å². The minimum absolute atomic E-state index is 0. The van der Waals surface area contributed by atoms with Crippen molar-refractivity contribution in [2.75, 3.05) is 47.1 Å². The summed E-state index contributed by atoms with van der Waals surface area (Å²) in [4.78, 5) is 4.23. The number of ether oxygens (including phenoxy) is 3. The van der Waals surface area contributed by atoms with E-state index in [-0.39, 0.29) is 24.0 Å². The van der Waals surface area contributed by atoms with Crippen molar-refractivity contribution < 1.29 is 14.2 Å². The van der Waals surface area contributed by atoms with Gasteiger partial charge in [-0.05, 0) is 43.4 Å². The van der Waals surface area contributed by atoms with E-state index in [1.54, 1.807) is 14.2 Å². The summed E-state index contributed by atoms with van der Waals surface area (Å²) in [5, 5.41) is 7.31. The fourth-order valence-corrected chi connectivity index (χ4v) is 3.03. The Morgan fingerprint density at radius 3 is 2.81 bits per heavy atom. The number of halogens is 2. The molecule has 1 aromatic carbocycles. The van der Waals surface area contributed by atoms with E-state index in [9.17, 15) is 0 Å². The highest BCUT2D eigenvalue weighted by Crippen LogP contribution is 2.22. The Labute approximate surface area is 184 Å². The molecular weight excluding hydrogens is 481 g/mol. The monoisotopic (exact) mass is 511 g/mol. The average Bonchev–Trinajstić information content (AvgIpc) is 3.17. The third-order valence-corrected chi connectivity index (χ3v) is 4.61. The molecule has 2 N–H and O–H groups in total. The number of methoxy groups -OCH3 is 1. The molecule has 0 spiro atoms. The Morgan fingerprint density at radius 1 is 1.33 bits per heavy atom. The smallest absolute Gasteiger partial charge is 0.190 e. The maximum atomic E-state index is 6.26. The highest BCUT2D eigenvalue weighted by molar-refractivity contribution is 14.0. The van der Waals surface area contributed by atoms with Crippen LogP contribution in [0.1, 0.15) is 24.8 Å². The molecule has 1 fully saturated rings. The summed E-state index contributed by atoms with van der Waals surface area (Å²) in [6.07, 6.45) is 4.31. The molecule has 1 unspecified atom stereocenters. The third-order valence-electron chi connectivity index (χ3n) is 4.26. The number of aliphatic imine (C=N–C) groups is 1. The van der Waals surface area contributed by atoms with E-state index in [1.807, 2.05) is 18.2 Å². The molecule has 1 aliphatic heterocycles. The van der Waals surface area contributed by atoms with E-state index >= 15 is 0 Å². The van der Waals surface area contributed by atoms with Gasteiger partial charge in [0.2, 0.25) is 0 Å². The number of hydrogen-bond donors (Lipinski definition) is 2. The minimum Gasteiger partial charge on any atom is -0.497 e. The van der Waals surface area contributed by atoms with Crippen LogP contribution in [0.4, 0.5) is 0 Å². The molecule has 1 aromatic rings. The van der Waals surface area contributed by atoms with E-state index in [4.69, 9.17) is 25.8 Å². The van der Waals surface area contributed by atoms with Crippen LogP contribution in [-0.4, -0.2) is 59.1 Å². The second-order valence-electron chi connectivity index (χ2n) is 6.20. The molecule has 0 amide bonds. The van der Waals surface area contributed by atoms with Crippen LogP contribution in [0.25, 0.3) is 0 Å². The Kier molecular flexibility index (Phi) is 12.8. The fraction of sp³-hybridized carbons (Fsp3) is 0.632. The van der Waals surface area contributed by atoms with E-state index in [1.165, 1.54) is 0 Å². The Balaban J connectivity index is 0.00000364. The molecular formula is C19H31ClIN3O3. The van der Waals surface area contributed by atoms with Crippen molar-refractivity contribution in [1.29, 1.82) is 0 Å². The summed E-state index contributed by atoms with van der Waals surface area (Å²) in [7, 11) is 3.40. The van der Waals surface area contributed by atoms with Crippen LogP contribution in [0.15, 0.2) is 23.2 Å². The zero-order valence-electron chi connectivity index (χ0n) is 16.1. The van der Waals surface area contributed by atoms with Crippen LogP contribution < -0.4 is 15.4 Å². The van der Waals surface area contributed by atoms with Crippen LogP contribution in [0.2, 0.25) is 5.02 Å². The normalized spacial score (nSPS) is 16.7. The summed E-state index contributed by atoms with van der Waals surface area (Å²) in [6.45, 7) is 3.87. The molecule has 0 aliphatic carbocycles. The lowest BCUT2D eigenvalue weighted by molar-refractivity contribution is 0.0168. The van der Waals surface area contributed by atoms with Crippen LogP contribution in [0, 0.1) is 0 Å². The topological polar surface area (TPSA) is 64.1 Å². The molecule has 27 heavy (non-hydrogen) atoms. The van der Waals surface area contributed by atoms with Gasteiger partial charge in [-0.3, -0.25) is 4.99 Å². The van der Waals surface area contributed by atoms with Gasteiger partial charge in [-0.1, -0.05) is 17.7 Å². The quantitative estimate of drug-likeness (QED) is 0.219. The van der Waals surface area contributed by atoms with Gasteiger partial charge in [0.1, 0.15) is 5.75 Å². The molecule has 1 aliphatic rings. The van der Waals surface area contributed by atoms with Gasteiger partial charge < -0.3 is 24.8 Å². The number of nitrogens with one attached hydrogen (secondary N) is 2. The van der Waals surface area contributed by atoms with Crippen molar-refractivity contribution in [3.8, 4) is 5.75 Å². The van der Waals surface area contributed by atoms with Crippen molar-refractivity contribution in [3.05, 3.63) is 28.8 Å². The van der Waals surface area contributed by atoms with Gasteiger partial charge in [0, 0.05) is 38.4 Å². The highest BCUT2D eigenvalue weighted by atomic mass is 127. The Bertz CT molecular complexity index is 569. The SMILES string of the molecule is CN=C(NCCCOCC1CCCO1)NCCc1ccc(OC)cc1Cl.I. The molecule has 0 aromatic heterocycles. The van der Waals surface area contributed by atoms with E-state index in [0.29, 0.717) is 12.7 Å². The van der Waals surface area contributed by atoms with Crippen LogP contribution in [-0.2, 0) is 15.9 Å². The van der Waals surface area contributed by atoms with Crippen molar-refractivity contribution in [3.63, 3.8) is 0 Å². The lowest BCUT2D eigenvalue weighted by Gasteiger charge is -2.13. The first-order valence-electron chi connectivity index (χ1n) is 9.19. The van der Waals surface area contributed by atoms with E-state index in [0.717, 1.165) is 74.3 Å². The zero-order valence-corrected chi connectivity index (χ0v) is 19.2. The van der Waals surface area contributed by atoms with Crippen molar-refractivity contribution in [1.82, 2.24) is 10.6 Å². The van der Waals surface area contributed by atoms with Gasteiger partial charge in [0.15, 0.2) is 5.96 Å². The largest absolute Gasteiger partial charge is 0.497 e. The van der Waals surface area contributed by atoms with Crippen molar-refractivity contribution in [2.45, 2.75) is 31.8 Å². The van der Waals surface area contributed by atoms with Gasteiger partial charge in [-0.25, -0.2) is 0 Å². The average molecular weight is 512 g/mol. The molecule has 8 heteroatoms. The summed E-state index contributed by atoms with van der Waals surface area (Å²) >= 11 is 6.26. The van der Waals surface area contributed by atoms with Crippen molar-refractivity contribution >= 4 is 41.5 Å². The van der Waals surface area contributed by atoms with E-state index in [2.05, 4.69) is 15.6 Å². The van der Waals surface area contributed by atoms with Gasteiger partial charge in [-0.15, -0.1) is 24.0 Å². The third kappa shape index (κ3) is 9.32.